The molecule has 1 N–H and O–H groups in total. The van der Waals surface area contributed by atoms with E-state index in [1.54, 1.807) is 29.9 Å². The Morgan fingerprint density at radius 3 is 2.72 bits per heavy atom. The van der Waals surface area contributed by atoms with E-state index >= 15 is 0 Å². The van der Waals surface area contributed by atoms with Crippen LogP contribution in [0.2, 0.25) is 0 Å². The summed E-state index contributed by atoms with van der Waals surface area (Å²) >= 11 is 0. The molecule has 0 bridgehead atoms. The van der Waals surface area contributed by atoms with Crippen molar-refractivity contribution >= 4 is 23.1 Å². The van der Waals surface area contributed by atoms with E-state index < -0.39 is 11.7 Å². The first-order valence-electron chi connectivity index (χ1n) is 10.0. The predicted molar refractivity (Wildman–Crippen MR) is 108 cm³/mol. The van der Waals surface area contributed by atoms with Gasteiger partial charge in [-0.2, -0.15) is 0 Å². The lowest BCUT2D eigenvalue weighted by Gasteiger charge is -2.44. The van der Waals surface area contributed by atoms with Crippen LogP contribution < -0.4 is 10.2 Å². The molecule has 0 radical (unpaired) electrons. The lowest BCUT2D eigenvalue weighted by atomic mass is 9.81. The third-order valence-corrected chi connectivity index (χ3v) is 6.42. The second kappa shape index (κ2) is 6.50. The van der Waals surface area contributed by atoms with Crippen LogP contribution in [-0.4, -0.2) is 38.3 Å². The molecule has 3 aromatic rings. The number of hydrogen-bond acceptors (Lipinski definition) is 5. The number of fused-ring (bicyclic) bond motifs is 1. The van der Waals surface area contributed by atoms with Crippen molar-refractivity contribution in [2.75, 3.05) is 23.3 Å². The van der Waals surface area contributed by atoms with Gasteiger partial charge in [-0.3, -0.25) is 4.79 Å². The van der Waals surface area contributed by atoms with E-state index in [-0.39, 0.29) is 11.3 Å². The number of carbonyl (C=O) groups excluding carboxylic acids is 1. The maximum atomic E-state index is 14.2. The number of anilines is 2. The van der Waals surface area contributed by atoms with Gasteiger partial charge in [0.25, 0.3) is 5.91 Å². The number of nitrogens with one attached hydrogen (secondary N) is 1. The normalized spacial score (nSPS) is 18.0. The molecule has 5 rings (SSSR count). The molecule has 2 aliphatic rings. The highest BCUT2D eigenvalue weighted by Crippen LogP contribution is 2.57. The summed E-state index contributed by atoms with van der Waals surface area (Å²) < 4.78 is 15.7. The van der Waals surface area contributed by atoms with Crippen LogP contribution in [0.25, 0.3) is 5.65 Å². The quantitative estimate of drug-likeness (QED) is 0.717. The summed E-state index contributed by atoms with van der Waals surface area (Å²) in [5, 5.41) is 2.68. The summed E-state index contributed by atoms with van der Waals surface area (Å²) in [6.07, 6.45) is 10.4. The zero-order chi connectivity index (χ0) is 20.2. The molecular weight excluding hydrogens is 371 g/mol. The smallest absolute Gasteiger partial charge is 0.275 e. The highest BCUT2D eigenvalue weighted by atomic mass is 19.1. The molecule has 3 aromatic heterocycles. The number of amides is 1. The Kier molecular flexibility index (Phi) is 4.04. The van der Waals surface area contributed by atoms with E-state index in [1.165, 1.54) is 31.5 Å². The molecule has 1 aliphatic heterocycles. The van der Waals surface area contributed by atoms with E-state index in [0.717, 1.165) is 24.8 Å². The lowest BCUT2D eigenvalue weighted by Crippen LogP contribution is -2.51. The first-order chi connectivity index (χ1) is 14.0. The molecule has 1 saturated heterocycles. The Morgan fingerprint density at radius 2 is 2.07 bits per heavy atom. The maximum absolute atomic E-state index is 14.2. The van der Waals surface area contributed by atoms with Gasteiger partial charge in [0.2, 0.25) is 0 Å². The molecule has 150 valence electrons. The Bertz CT molecular complexity index is 1080. The minimum absolute atomic E-state index is 0.195. The lowest BCUT2D eigenvalue weighted by molar-refractivity contribution is 0.102. The summed E-state index contributed by atoms with van der Waals surface area (Å²) in [7, 11) is 0. The van der Waals surface area contributed by atoms with Gasteiger partial charge in [0.1, 0.15) is 11.5 Å². The summed E-state index contributed by atoms with van der Waals surface area (Å²) in [5.41, 5.74) is 2.03. The van der Waals surface area contributed by atoms with Crippen LogP contribution in [0.4, 0.5) is 15.9 Å². The number of pyridine rings is 1. The maximum Gasteiger partial charge on any atom is 0.275 e. The number of hydrogen-bond donors (Lipinski definition) is 1. The fraction of sp³-hybridized carbons (Fsp3) is 0.429. The first kappa shape index (κ1) is 18.0. The highest BCUT2D eigenvalue weighted by Gasteiger charge is 2.52. The van der Waals surface area contributed by atoms with Gasteiger partial charge in [-0.1, -0.05) is 13.3 Å². The van der Waals surface area contributed by atoms with Gasteiger partial charge in [-0.05, 0) is 31.1 Å². The third-order valence-electron chi connectivity index (χ3n) is 6.42. The summed E-state index contributed by atoms with van der Waals surface area (Å²) in [6, 6.07) is 1.25. The zero-order valence-corrected chi connectivity index (χ0v) is 16.5. The van der Waals surface area contributed by atoms with Gasteiger partial charge in [-0.15, -0.1) is 0 Å². The third kappa shape index (κ3) is 3.12. The molecule has 0 aromatic carbocycles. The Morgan fingerprint density at radius 1 is 1.28 bits per heavy atom. The molecule has 1 saturated carbocycles. The molecule has 0 unspecified atom stereocenters. The monoisotopic (exact) mass is 394 g/mol. The number of halogens is 1. The average Bonchev–Trinajstić information content (AvgIpc) is 3.35. The van der Waals surface area contributed by atoms with Crippen molar-refractivity contribution in [1.29, 1.82) is 0 Å². The minimum atomic E-state index is -0.495. The van der Waals surface area contributed by atoms with E-state index in [9.17, 15) is 9.18 Å². The SMILES string of the molecule is CCC1(C2CN(c3cnc(C(=O)Nc4cc(F)c5nc(C)cn5c4)cn3)C2)CC1. The first-order valence-corrected chi connectivity index (χ1v) is 10.0. The number of carbonyl (C=O) groups is 1. The van der Waals surface area contributed by atoms with Crippen LogP contribution in [0.5, 0.6) is 0 Å². The second-order valence-corrected chi connectivity index (χ2v) is 8.22. The molecule has 1 aliphatic carbocycles. The van der Waals surface area contributed by atoms with Crippen molar-refractivity contribution in [2.24, 2.45) is 11.3 Å². The van der Waals surface area contributed by atoms with Crippen LogP contribution in [0.3, 0.4) is 0 Å². The van der Waals surface area contributed by atoms with E-state index in [4.69, 9.17) is 0 Å². The standard InChI is InChI=1S/C21H23FN6O/c1-3-21(4-5-21)14-10-27(11-14)18-8-23-17(7-24-18)20(29)26-15-6-16(22)19-25-13(2)9-28(19)12-15/h6-9,12,14H,3-5,10-11H2,1-2H3,(H,26,29). The fourth-order valence-corrected chi connectivity index (χ4v) is 4.31. The molecule has 29 heavy (non-hydrogen) atoms. The van der Waals surface area contributed by atoms with Crippen molar-refractivity contribution in [3.63, 3.8) is 0 Å². The van der Waals surface area contributed by atoms with Crippen LogP contribution >= 0.6 is 0 Å². The summed E-state index contributed by atoms with van der Waals surface area (Å²) in [6.45, 7) is 6.09. The molecule has 0 spiro atoms. The van der Waals surface area contributed by atoms with Gasteiger partial charge >= 0.3 is 0 Å². The number of aryl methyl sites for hydroxylation is 1. The molecule has 4 heterocycles. The molecular formula is C21H23FN6O. The molecule has 2 fully saturated rings. The topological polar surface area (TPSA) is 75.4 Å². The van der Waals surface area contributed by atoms with Crippen LogP contribution in [0.15, 0.2) is 30.9 Å². The van der Waals surface area contributed by atoms with Gasteiger partial charge in [0.05, 0.1) is 23.8 Å². The molecule has 0 atom stereocenters. The zero-order valence-electron chi connectivity index (χ0n) is 16.5. The average molecular weight is 394 g/mol. The Labute approximate surface area is 168 Å². The summed E-state index contributed by atoms with van der Waals surface area (Å²) in [4.78, 5) is 27.5. The van der Waals surface area contributed by atoms with E-state index in [2.05, 4.69) is 32.1 Å². The van der Waals surface area contributed by atoms with Crippen LogP contribution in [-0.2, 0) is 0 Å². The second-order valence-electron chi connectivity index (χ2n) is 8.22. The van der Waals surface area contributed by atoms with Crippen LogP contribution in [0.1, 0.15) is 42.4 Å². The molecule has 8 heteroatoms. The van der Waals surface area contributed by atoms with Crippen molar-refractivity contribution in [2.45, 2.75) is 33.1 Å². The predicted octanol–water partition coefficient (Wildman–Crippen LogP) is 3.45. The number of nitrogens with zero attached hydrogens (tertiary/aromatic N) is 5. The van der Waals surface area contributed by atoms with E-state index in [1.807, 2.05) is 0 Å². The van der Waals surface area contributed by atoms with Crippen LogP contribution in [0, 0.1) is 24.1 Å². The molecule has 7 nitrogen and oxygen atoms in total. The molecule has 1 amide bonds. The van der Waals surface area contributed by atoms with Crippen molar-refractivity contribution in [3.05, 3.63) is 48.1 Å². The Hall–Kier alpha value is -3.03. The van der Waals surface area contributed by atoms with Gasteiger partial charge in [-0.25, -0.2) is 19.3 Å². The van der Waals surface area contributed by atoms with Crippen molar-refractivity contribution in [3.8, 4) is 0 Å². The Balaban J connectivity index is 1.25. The number of imidazole rings is 1. The van der Waals surface area contributed by atoms with Gasteiger partial charge in [0.15, 0.2) is 11.5 Å². The largest absolute Gasteiger partial charge is 0.355 e. The van der Waals surface area contributed by atoms with Gasteiger partial charge in [0, 0.05) is 31.5 Å². The van der Waals surface area contributed by atoms with E-state index in [0.29, 0.717) is 16.8 Å². The van der Waals surface area contributed by atoms with Crippen molar-refractivity contribution in [1.82, 2.24) is 19.4 Å². The number of rotatable bonds is 5. The highest BCUT2D eigenvalue weighted by molar-refractivity contribution is 6.02. The minimum Gasteiger partial charge on any atom is -0.355 e. The number of aromatic nitrogens is 4. The van der Waals surface area contributed by atoms with Gasteiger partial charge < -0.3 is 14.6 Å². The summed E-state index contributed by atoms with van der Waals surface area (Å²) in [5.74, 6) is 0.620. The van der Waals surface area contributed by atoms with Crippen molar-refractivity contribution < 1.29 is 9.18 Å². The fourth-order valence-electron chi connectivity index (χ4n) is 4.31.